The number of aromatic carboxylic acids is 1. The lowest BCUT2D eigenvalue weighted by Crippen LogP contribution is -2.36. The maximum absolute atomic E-state index is 10.9. The van der Waals surface area contributed by atoms with Crippen molar-refractivity contribution in [2.45, 2.75) is 6.42 Å². The predicted octanol–water partition coefficient (Wildman–Crippen LogP) is 3.28. The van der Waals surface area contributed by atoms with Crippen molar-refractivity contribution in [2.24, 2.45) is 0 Å². The molecule has 0 atom stereocenters. The van der Waals surface area contributed by atoms with Crippen molar-refractivity contribution in [2.75, 3.05) is 23.3 Å². The van der Waals surface area contributed by atoms with Crippen molar-refractivity contribution in [1.82, 2.24) is 9.97 Å². The fraction of sp³-hybridized carbons (Fsp3) is 0.167. The normalized spacial score (nSPS) is 13.6. The lowest BCUT2D eigenvalue weighted by molar-refractivity contribution is 0.0696. The van der Waals surface area contributed by atoms with E-state index in [4.69, 9.17) is 5.11 Å². The van der Waals surface area contributed by atoms with Gasteiger partial charge >= 0.3 is 5.97 Å². The second-order valence-electron chi connectivity index (χ2n) is 5.76. The first kappa shape index (κ1) is 14.4. The minimum absolute atomic E-state index is 0.167. The van der Waals surface area contributed by atoms with Crippen LogP contribution in [0.4, 0.5) is 17.2 Å². The molecule has 0 bridgehead atoms. The van der Waals surface area contributed by atoms with Gasteiger partial charge in [0.1, 0.15) is 5.82 Å². The van der Waals surface area contributed by atoms with E-state index in [2.05, 4.69) is 32.3 Å². The van der Waals surface area contributed by atoms with Gasteiger partial charge in [0, 0.05) is 36.6 Å². The van der Waals surface area contributed by atoms with Crippen LogP contribution in [0.3, 0.4) is 0 Å². The van der Waals surface area contributed by atoms with Crippen LogP contribution in [0.5, 0.6) is 0 Å². The van der Waals surface area contributed by atoms with Crippen molar-refractivity contribution in [3.63, 3.8) is 0 Å². The Labute approximate surface area is 138 Å². The van der Waals surface area contributed by atoms with Gasteiger partial charge in [0.25, 0.3) is 0 Å². The molecule has 1 aromatic carbocycles. The molecule has 2 aromatic heterocycles. The summed E-state index contributed by atoms with van der Waals surface area (Å²) < 4.78 is 0. The number of anilines is 3. The summed E-state index contributed by atoms with van der Waals surface area (Å²) in [5.74, 6) is -0.385. The van der Waals surface area contributed by atoms with Crippen molar-refractivity contribution in [3.8, 4) is 0 Å². The molecule has 3 heterocycles. The minimum Gasteiger partial charge on any atom is -0.478 e. The van der Waals surface area contributed by atoms with Crippen LogP contribution in [0.25, 0.3) is 10.9 Å². The Bertz CT molecular complexity index is 905. The summed E-state index contributed by atoms with van der Waals surface area (Å²) in [4.78, 5) is 21.8. The molecular weight excluding hydrogens is 304 g/mol. The van der Waals surface area contributed by atoms with Gasteiger partial charge in [-0.3, -0.25) is 4.98 Å². The average molecular weight is 320 g/mol. The van der Waals surface area contributed by atoms with Gasteiger partial charge in [-0.2, -0.15) is 0 Å². The van der Waals surface area contributed by atoms with Gasteiger partial charge in [0.05, 0.1) is 16.8 Å². The van der Waals surface area contributed by atoms with E-state index >= 15 is 0 Å². The molecule has 6 nitrogen and oxygen atoms in total. The van der Waals surface area contributed by atoms with Gasteiger partial charge in [-0.25, -0.2) is 9.78 Å². The van der Waals surface area contributed by atoms with E-state index in [0.29, 0.717) is 5.82 Å². The minimum atomic E-state index is -0.984. The smallest absolute Gasteiger partial charge is 0.337 e. The molecule has 2 N–H and O–H groups in total. The average Bonchev–Trinajstić information content (AvgIpc) is 2.54. The van der Waals surface area contributed by atoms with Gasteiger partial charge in [-0.15, -0.1) is 0 Å². The molecule has 6 heteroatoms. The molecule has 0 aliphatic carbocycles. The molecule has 1 aliphatic heterocycles. The standard InChI is InChI=1S/C18H16N4O2/c23-18(24)12-2-5-17(20-11-12)21-16-6-7-19-15-4-3-13(10-14(15)16)22-8-1-9-22/h2-7,10-11H,1,8-9H2,(H,23,24)(H,19,20,21). The fourth-order valence-electron chi connectivity index (χ4n) is 2.75. The third kappa shape index (κ3) is 2.62. The van der Waals surface area contributed by atoms with Crippen LogP contribution in [0.1, 0.15) is 16.8 Å². The van der Waals surface area contributed by atoms with Crippen LogP contribution in [-0.2, 0) is 0 Å². The number of rotatable bonds is 4. The van der Waals surface area contributed by atoms with E-state index < -0.39 is 5.97 Å². The van der Waals surface area contributed by atoms with Gasteiger partial charge in [-0.1, -0.05) is 0 Å². The molecule has 0 amide bonds. The number of hydrogen-bond donors (Lipinski definition) is 2. The second kappa shape index (κ2) is 5.81. The molecule has 1 saturated heterocycles. The third-order valence-electron chi connectivity index (χ3n) is 4.22. The Kier molecular flexibility index (Phi) is 3.49. The molecule has 1 fully saturated rings. The zero-order valence-electron chi connectivity index (χ0n) is 12.9. The van der Waals surface area contributed by atoms with Crippen molar-refractivity contribution in [1.29, 1.82) is 0 Å². The van der Waals surface area contributed by atoms with Gasteiger partial charge in [0.2, 0.25) is 0 Å². The number of pyridine rings is 2. The highest BCUT2D eigenvalue weighted by molar-refractivity contribution is 5.95. The Morgan fingerprint density at radius 1 is 1.12 bits per heavy atom. The van der Waals surface area contributed by atoms with Gasteiger partial charge in [0.15, 0.2) is 0 Å². The quantitative estimate of drug-likeness (QED) is 0.768. The van der Waals surface area contributed by atoms with Crippen LogP contribution in [-0.4, -0.2) is 34.1 Å². The van der Waals surface area contributed by atoms with Crippen LogP contribution in [0, 0.1) is 0 Å². The molecular formula is C18H16N4O2. The molecule has 1 aliphatic rings. The van der Waals surface area contributed by atoms with E-state index in [0.717, 1.165) is 29.7 Å². The Hall–Kier alpha value is -3.15. The zero-order chi connectivity index (χ0) is 16.5. The number of nitrogens with one attached hydrogen (secondary N) is 1. The van der Waals surface area contributed by atoms with E-state index in [1.54, 1.807) is 12.3 Å². The van der Waals surface area contributed by atoms with Crippen LogP contribution < -0.4 is 10.2 Å². The summed E-state index contributed by atoms with van der Waals surface area (Å²) in [6, 6.07) is 11.3. The van der Waals surface area contributed by atoms with Crippen LogP contribution in [0.15, 0.2) is 48.8 Å². The zero-order valence-corrected chi connectivity index (χ0v) is 12.9. The van der Waals surface area contributed by atoms with Crippen molar-refractivity contribution < 1.29 is 9.90 Å². The van der Waals surface area contributed by atoms with Crippen LogP contribution >= 0.6 is 0 Å². The SMILES string of the molecule is O=C(O)c1ccc(Nc2ccnc3ccc(N4CCC4)cc23)nc1. The molecule has 0 unspecified atom stereocenters. The number of aromatic nitrogens is 2. The Morgan fingerprint density at radius 2 is 2.00 bits per heavy atom. The second-order valence-corrected chi connectivity index (χ2v) is 5.76. The highest BCUT2D eigenvalue weighted by Gasteiger charge is 2.15. The third-order valence-corrected chi connectivity index (χ3v) is 4.22. The molecule has 4 rings (SSSR count). The van der Waals surface area contributed by atoms with Crippen LogP contribution in [0.2, 0.25) is 0 Å². The van der Waals surface area contributed by atoms with Gasteiger partial charge < -0.3 is 15.3 Å². The number of carbonyl (C=O) groups is 1. The molecule has 0 saturated carbocycles. The topological polar surface area (TPSA) is 78.3 Å². The fourth-order valence-corrected chi connectivity index (χ4v) is 2.75. The molecule has 120 valence electrons. The molecule has 0 radical (unpaired) electrons. The first-order valence-corrected chi connectivity index (χ1v) is 7.81. The Morgan fingerprint density at radius 3 is 2.67 bits per heavy atom. The first-order valence-electron chi connectivity index (χ1n) is 7.81. The molecule has 24 heavy (non-hydrogen) atoms. The summed E-state index contributed by atoms with van der Waals surface area (Å²) in [6.07, 6.45) is 4.33. The number of hydrogen-bond acceptors (Lipinski definition) is 5. The maximum Gasteiger partial charge on any atom is 0.337 e. The van der Waals surface area contributed by atoms with E-state index in [1.165, 1.54) is 24.4 Å². The van der Waals surface area contributed by atoms with E-state index in [9.17, 15) is 4.79 Å². The number of fused-ring (bicyclic) bond motifs is 1. The summed E-state index contributed by atoms with van der Waals surface area (Å²) in [6.45, 7) is 2.18. The number of carboxylic acids is 1. The molecule has 3 aromatic rings. The highest BCUT2D eigenvalue weighted by atomic mass is 16.4. The number of benzene rings is 1. The van der Waals surface area contributed by atoms with E-state index in [1.807, 2.05) is 12.1 Å². The maximum atomic E-state index is 10.9. The van der Waals surface area contributed by atoms with Gasteiger partial charge in [-0.05, 0) is 42.8 Å². The summed E-state index contributed by atoms with van der Waals surface area (Å²) in [7, 11) is 0. The Balaban J connectivity index is 1.68. The van der Waals surface area contributed by atoms with Crippen molar-refractivity contribution >= 4 is 34.1 Å². The highest BCUT2D eigenvalue weighted by Crippen LogP contribution is 2.30. The predicted molar refractivity (Wildman–Crippen MR) is 93.1 cm³/mol. The van der Waals surface area contributed by atoms with E-state index in [-0.39, 0.29) is 5.56 Å². The summed E-state index contributed by atoms with van der Waals surface area (Å²) in [5.41, 5.74) is 3.17. The number of carboxylic acid groups (broad SMARTS) is 1. The molecule has 0 spiro atoms. The lowest BCUT2D eigenvalue weighted by Gasteiger charge is -2.33. The first-order chi connectivity index (χ1) is 11.7. The summed E-state index contributed by atoms with van der Waals surface area (Å²) >= 11 is 0. The monoisotopic (exact) mass is 320 g/mol. The lowest BCUT2D eigenvalue weighted by atomic mass is 10.1. The number of nitrogens with zero attached hydrogens (tertiary/aromatic N) is 3. The largest absolute Gasteiger partial charge is 0.478 e. The van der Waals surface area contributed by atoms with Crippen molar-refractivity contribution in [3.05, 3.63) is 54.4 Å². The summed E-state index contributed by atoms with van der Waals surface area (Å²) in [5, 5.41) is 13.2.